The third kappa shape index (κ3) is 4.75. The van der Waals surface area contributed by atoms with E-state index in [1.165, 1.54) is 0 Å². The van der Waals surface area contributed by atoms with Crippen LogP contribution in [-0.2, 0) is 4.74 Å². The third-order valence-electron chi connectivity index (χ3n) is 5.32. The van der Waals surface area contributed by atoms with Crippen molar-refractivity contribution in [3.8, 4) is 17.2 Å². The van der Waals surface area contributed by atoms with Crippen LogP contribution in [0.1, 0.15) is 29.8 Å². The van der Waals surface area contributed by atoms with Crippen LogP contribution in [0.5, 0.6) is 0 Å². The minimum absolute atomic E-state index is 0.144. The molecule has 1 aliphatic rings. The Labute approximate surface area is 192 Å². The van der Waals surface area contributed by atoms with Gasteiger partial charge >= 0.3 is 0 Å². The van der Waals surface area contributed by atoms with Crippen molar-refractivity contribution in [2.24, 2.45) is 0 Å². The lowest BCUT2D eigenvalue weighted by molar-refractivity contribution is -0.00545. The molecule has 1 aromatic heterocycles. The number of nitrogens with zero attached hydrogens (tertiary/aromatic N) is 3. The Morgan fingerprint density at radius 2 is 1.84 bits per heavy atom. The van der Waals surface area contributed by atoms with Crippen LogP contribution in [0.2, 0.25) is 5.02 Å². The SMILES string of the molecule is CC1CN(c2ccc(NC(=O)c3cccc(-c4ccc(C#N)cc4)c3Cl)cn2)CC(C)O1. The summed E-state index contributed by atoms with van der Waals surface area (Å²) in [5.41, 5.74) is 3.09. The van der Waals surface area contributed by atoms with E-state index in [2.05, 4.69) is 21.3 Å². The number of hydrogen-bond donors (Lipinski definition) is 1. The monoisotopic (exact) mass is 446 g/mol. The van der Waals surface area contributed by atoms with Gasteiger partial charge in [-0.2, -0.15) is 5.26 Å². The second kappa shape index (κ2) is 9.39. The summed E-state index contributed by atoms with van der Waals surface area (Å²) in [6, 6.07) is 18.2. The standard InChI is InChI=1S/C25H23ClN4O2/c1-16-14-30(15-17(2)32-16)23-11-10-20(13-28-23)29-25(31)22-5-3-4-21(24(22)26)19-8-6-18(12-27)7-9-19/h3-11,13,16-17H,14-15H2,1-2H3,(H,29,31). The van der Waals surface area contributed by atoms with Crippen LogP contribution in [0.15, 0.2) is 60.8 Å². The first kappa shape index (κ1) is 21.8. The van der Waals surface area contributed by atoms with Crippen molar-refractivity contribution in [1.29, 1.82) is 5.26 Å². The molecule has 32 heavy (non-hydrogen) atoms. The fourth-order valence-corrected chi connectivity index (χ4v) is 4.19. The number of ether oxygens (including phenoxy) is 1. The second-order valence-corrected chi connectivity index (χ2v) is 8.26. The fraction of sp³-hybridized carbons (Fsp3) is 0.240. The highest BCUT2D eigenvalue weighted by atomic mass is 35.5. The van der Waals surface area contributed by atoms with Crippen molar-refractivity contribution in [3.63, 3.8) is 0 Å². The Hall–Kier alpha value is -3.40. The van der Waals surface area contributed by atoms with Crippen molar-refractivity contribution in [3.05, 3.63) is 76.9 Å². The summed E-state index contributed by atoms with van der Waals surface area (Å²) in [5, 5.41) is 12.2. The van der Waals surface area contributed by atoms with Gasteiger partial charge in [-0.3, -0.25) is 4.79 Å². The molecular weight excluding hydrogens is 424 g/mol. The van der Waals surface area contributed by atoms with Crippen LogP contribution in [0.25, 0.3) is 11.1 Å². The molecule has 7 heteroatoms. The molecular formula is C25H23ClN4O2. The molecule has 162 valence electrons. The molecule has 1 fully saturated rings. The summed E-state index contributed by atoms with van der Waals surface area (Å²) in [4.78, 5) is 19.6. The lowest BCUT2D eigenvalue weighted by Crippen LogP contribution is -2.45. The fourth-order valence-electron chi connectivity index (χ4n) is 3.87. The summed E-state index contributed by atoms with van der Waals surface area (Å²) >= 11 is 6.57. The number of aromatic nitrogens is 1. The van der Waals surface area contributed by atoms with E-state index >= 15 is 0 Å². The Bertz CT molecular complexity index is 1150. The molecule has 2 unspecified atom stereocenters. The molecule has 0 saturated carbocycles. The third-order valence-corrected chi connectivity index (χ3v) is 5.72. The number of nitrogens with one attached hydrogen (secondary N) is 1. The van der Waals surface area contributed by atoms with Crippen molar-refractivity contribution in [1.82, 2.24) is 4.98 Å². The number of carbonyl (C=O) groups is 1. The number of nitriles is 1. The number of pyridine rings is 1. The lowest BCUT2D eigenvalue weighted by atomic mass is 10.0. The first-order valence-electron chi connectivity index (χ1n) is 10.4. The first-order chi connectivity index (χ1) is 15.4. The van der Waals surface area contributed by atoms with Crippen molar-refractivity contribution >= 4 is 29.0 Å². The van der Waals surface area contributed by atoms with Gasteiger partial charge in [-0.1, -0.05) is 35.9 Å². The molecule has 1 saturated heterocycles. The zero-order valence-electron chi connectivity index (χ0n) is 17.9. The molecule has 2 atom stereocenters. The number of halogens is 1. The van der Waals surface area contributed by atoms with Gasteiger partial charge in [-0.05, 0) is 49.7 Å². The van der Waals surface area contributed by atoms with Gasteiger partial charge in [-0.25, -0.2) is 4.98 Å². The Kier molecular flexibility index (Phi) is 6.40. The molecule has 1 aliphatic heterocycles. The number of carbonyl (C=O) groups excluding carboxylic acids is 1. The normalized spacial score (nSPS) is 18.1. The van der Waals surface area contributed by atoms with E-state index in [0.29, 0.717) is 21.8 Å². The number of hydrogen-bond acceptors (Lipinski definition) is 5. The van der Waals surface area contributed by atoms with E-state index in [-0.39, 0.29) is 18.1 Å². The van der Waals surface area contributed by atoms with Gasteiger partial charge in [0.25, 0.3) is 5.91 Å². The van der Waals surface area contributed by atoms with Crippen LogP contribution in [0, 0.1) is 11.3 Å². The van der Waals surface area contributed by atoms with Crippen molar-refractivity contribution < 1.29 is 9.53 Å². The second-order valence-electron chi connectivity index (χ2n) is 7.88. The highest BCUT2D eigenvalue weighted by Gasteiger charge is 2.23. The molecule has 3 aromatic rings. The quantitative estimate of drug-likeness (QED) is 0.600. The van der Waals surface area contributed by atoms with E-state index in [0.717, 1.165) is 30.0 Å². The molecule has 0 spiro atoms. The Balaban J connectivity index is 1.50. The van der Waals surface area contributed by atoms with Gasteiger partial charge in [0.05, 0.1) is 46.3 Å². The zero-order chi connectivity index (χ0) is 22.7. The van der Waals surface area contributed by atoms with Gasteiger partial charge in [0.2, 0.25) is 0 Å². The van der Waals surface area contributed by atoms with Crippen molar-refractivity contribution in [2.45, 2.75) is 26.1 Å². The van der Waals surface area contributed by atoms with Crippen LogP contribution in [0.4, 0.5) is 11.5 Å². The van der Waals surface area contributed by atoms with Gasteiger partial charge < -0.3 is 15.0 Å². The Morgan fingerprint density at radius 1 is 1.12 bits per heavy atom. The van der Waals surface area contributed by atoms with Crippen LogP contribution < -0.4 is 10.2 Å². The molecule has 0 bridgehead atoms. The summed E-state index contributed by atoms with van der Waals surface area (Å²) < 4.78 is 5.77. The smallest absolute Gasteiger partial charge is 0.257 e. The molecule has 0 radical (unpaired) electrons. The number of benzene rings is 2. The molecule has 0 aliphatic carbocycles. The molecule has 1 amide bonds. The topological polar surface area (TPSA) is 78.3 Å². The van der Waals surface area contributed by atoms with Crippen LogP contribution in [0.3, 0.4) is 0 Å². The number of anilines is 2. The lowest BCUT2D eigenvalue weighted by Gasteiger charge is -2.36. The molecule has 2 heterocycles. The summed E-state index contributed by atoms with van der Waals surface area (Å²) in [6.07, 6.45) is 1.94. The summed E-state index contributed by atoms with van der Waals surface area (Å²) in [5.74, 6) is 0.541. The highest BCUT2D eigenvalue weighted by Crippen LogP contribution is 2.31. The minimum atomic E-state index is -0.311. The first-order valence-corrected chi connectivity index (χ1v) is 10.8. The highest BCUT2D eigenvalue weighted by molar-refractivity contribution is 6.37. The van der Waals surface area contributed by atoms with Gasteiger partial charge in [0.1, 0.15) is 5.82 Å². The molecule has 4 rings (SSSR count). The molecule has 2 aromatic carbocycles. The van der Waals surface area contributed by atoms with Gasteiger partial charge in [0, 0.05) is 18.7 Å². The number of morpholine rings is 1. The van der Waals surface area contributed by atoms with E-state index in [1.807, 2.05) is 44.2 Å². The summed E-state index contributed by atoms with van der Waals surface area (Å²) in [7, 11) is 0. The summed E-state index contributed by atoms with van der Waals surface area (Å²) in [6.45, 7) is 5.65. The predicted octanol–water partition coefficient (Wildman–Crippen LogP) is 5.14. The average Bonchev–Trinajstić information content (AvgIpc) is 2.79. The maximum absolute atomic E-state index is 12.9. The van der Waals surface area contributed by atoms with E-state index < -0.39 is 0 Å². The van der Waals surface area contributed by atoms with E-state index in [4.69, 9.17) is 21.6 Å². The average molecular weight is 447 g/mol. The minimum Gasteiger partial charge on any atom is -0.372 e. The van der Waals surface area contributed by atoms with E-state index in [9.17, 15) is 4.79 Å². The maximum Gasteiger partial charge on any atom is 0.257 e. The van der Waals surface area contributed by atoms with E-state index in [1.54, 1.807) is 30.5 Å². The van der Waals surface area contributed by atoms with Gasteiger partial charge in [-0.15, -0.1) is 0 Å². The maximum atomic E-state index is 12.9. The number of amides is 1. The van der Waals surface area contributed by atoms with Crippen LogP contribution >= 0.6 is 11.6 Å². The number of rotatable bonds is 4. The van der Waals surface area contributed by atoms with Crippen molar-refractivity contribution in [2.75, 3.05) is 23.3 Å². The Morgan fingerprint density at radius 3 is 2.47 bits per heavy atom. The predicted molar refractivity (Wildman–Crippen MR) is 126 cm³/mol. The molecule has 1 N–H and O–H groups in total. The van der Waals surface area contributed by atoms with Crippen LogP contribution in [-0.4, -0.2) is 36.2 Å². The zero-order valence-corrected chi connectivity index (χ0v) is 18.6. The molecule has 6 nitrogen and oxygen atoms in total. The largest absolute Gasteiger partial charge is 0.372 e. The van der Waals surface area contributed by atoms with Gasteiger partial charge in [0.15, 0.2) is 0 Å².